The predicted octanol–water partition coefficient (Wildman–Crippen LogP) is 2.46. The van der Waals surface area contributed by atoms with E-state index < -0.39 is 6.10 Å². The van der Waals surface area contributed by atoms with Crippen LogP contribution in [0.1, 0.15) is 30.1 Å². The van der Waals surface area contributed by atoms with Crippen LogP contribution in [0.15, 0.2) is 24.3 Å². The first kappa shape index (κ1) is 16.8. The topological polar surface area (TPSA) is 49.8 Å². The van der Waals surface area contributed by atoms with Gasteiger partial charge in [-0.05, 0) is 37.8 Å². The molecule has 1 saturated heterocycles. The maximum absolute atomic E-state index is 11.4. The number of rotatable bonds is 7. The number of carbonyl (C=O) groups is 1. The van der Waals surface area contributed by atoms with Gasteiger partial charge < -0.3 is 9.84 Å². The molecule has 1 aromatic carbocycles. The van der Waals surface area contributed by atoms with Crippen molar-refractivity contribution in [2.45, 2.75) is 31.9 Å². The Labute approximate surface area is 142 Å². The minimum absolute atomic E-state index is 0.0223. The summed E-state index contributed by atoms with van der Waals surface area (Å²) in [6.07, 6.45) is 2.18. The van der Waals surface area contributed by atoms with Crippen LogP contribution in [0.25, 0.3) is 0 Å². The molecule has 0 aromatic heterocycles. The Kier molecular flexibility index (Phi) is 5.62. The molecule has 126 valence electrons. The summed E-state index contributed by atoms with van der Waals surface area (Å²) in [5.74, 6) is 3.85. The molecule has 5 heteroatoms. The van der Waals surface area contributed by atoms with Crippen molar-refractivity contribution in [1.29, 1.82) is 0 Å². The van der Waals surface area contributed by atoms with Gasteiger partial charge in [0, 0.05) is 36.2 Å². The number of Topliss-reactive ketones (excluding diaryl/α,β-unsaturated/α-hetero) is 1. The highest BCUT2D eigenvalue weighted by Gasteiger charge is 2.37. The summed E-state index contributed by atoms with van der Waals surface area (Å²) in [6, 6.07) is 7.77. The van der Waals surface area contributed by atoms with Gasteiger partial charge in [0.1, 0.15) is 18.5 Å². The Hall–Kier alpha value is -1.04. The number of nitrogens with zero attached hydrogens (tertiary/aromatic N) is 1. The van der Waals surface area contributed by atoms with Crippen LogP contribution < -0.4 is 4.74 Å². The number of benzene rings is 1. The SMILES string of the molecule is CC(=O)c1cccc(OC[C@H](O)CN2CCSC[C@H]2C2CC2)c1. The summed E-state index contributed by atoms with van der Waals surface area (Å²) in [5, 5.41) is 10.3. The standard InChI is InChI=1S/C18H25NO3S/c1-13(20)15-3-2-4-17(9-15)22-11-16(21)10-19-7-8-23-12-18(19)14-5-6-14/h2-4,9,14,16,18,21H,5-8,10-12H2,1H3/t16-,18+/m1/s1. The summed E-state index contributed by atoms with van der Waals surface area (Å²) in [7, 11) is 0. The Morgan fingerprint density at radius 1 is 1.48 bits per heavy atom. The zero-order valence-corrected chi connectivity index (χ0v) is 14.4. The zero-order valence-electron chi connectivity index (χ0n) is 13.6. The monoisotopic (exact) mass is 335 g/mol. The van der Waals surface area contributed by atoms with Crippen molar-refractivity contribution in [3.63, 3.8) is 0 Å². The van der Waals surface area contributed by atoms with Crippen molar-refractivity contribution in [3.05, 3.63) is 29.8 Å². The highest BCUT2D eigenvalue weighted by molar-refractivity contribution is 7.99. The number of β-amino-alcohol motifs (C(OH)–C–C–N with tert-alkyl or cyclic N) is 1. The normalized spacial score (nSPS) is 23.5. The highest BCUT2D eigenvalue weighted by atomic mass is 32.2. The summed E-state index contributed by atoms with van der Waals surface area (Å²) in [4.78, 5) is 13.8. The fourth-order valence-electron chi connectivity index (χ4n) is 3.12. The summed E-state index contributed by atoms with van der Waals surface area (Å²) in [6.45, 7) is 3.54. The lowest BCUT2D eigenvalue weighted by Crippen LogP contribution is -2.48. The molecule has 3 rings (SSSR count). The van der Waals surface area contributed by atoms with Gasteiger partial charge >= 0.3 is 0 Å². The van der Waals surface area contributed by atoms with Crippen molar-refractivity contribution in [2.24, 2.45) is 5.92 Å². The predicted molar refractivity (Wildman–Crippen MR) is 93.4 cm³/mol. The summed E-state index contributed by atoms with van der Waals surface area (Å²) >= 11 is 2.03. The van der Waals surface area contributed by atoms with Crippen LogP contribution in [-0.2, 0) is 0 Å². The molecule has 0 bridgehead atoms. The molecule has 2 fully saturated rings. The quantitative estimate of drug-likeness (QED) is 0.776. The Bertz CT molecular complexity index is 547. The van der Waals surface area contributed by atoms with Crippen LogP contribution in [0.2, 0.25) is 0 Å². The van der Waals surface area contributed by atoms with E-state index in [2.05, 4.69) is 4.90 Å². The second-order valence-electron chi connectivity index (χ2n) is 6.52. The molecule has 0 unspecified atom stereocenters. The largest absolute Gasteiger partial charge is 0.491 e. The molecule has 1 saturated carbocycles. The lowest BCUT2D eigenvalue weighted by Gasteiger charge is -2.36. The van der Waals surface area contributed by atoms with Gasteiger partial charge in [0.25, 0.3) is 0 Å². The van der Waals surface area contributed by atoms with E-state index >= 15 is 0 Å². The first-order chi connectivity index (χ1) is 11.1. The molecule has 2 aliphatic rings. The van der Waals surface area contributed by atoms with Crippen molar-refractivity contribution in [2.75, 3.05) is 31.2 Å². The number of hydrogen-bond donors (Lipinski definition) is 1. The lowest BCUT2D eigenvalue weighted by atomic mass is 10.1. The molecular weight excluding hydrogens is 310 g/mol. The van der Waals surface area contributed by atoms with Gasteiger partial charge in [0.15, 0.2) is 5.78 Å². The molecule has 23 heavy (non-hydrogen) atoms. The summed E-state index contributed by atoms with van der Waals surface area (Å²) < 4.78 is 5.68. The van der Waals surface area contributed by atoms with Gasteiger partial charge in [-0.2, -0.15) is 11.8 Å². The van der Waals surface area contributed by atoms with Crippen molar-refractivity contribution in [3.8, 4) is 5.75 Å². The van der Waals surface area contributed by atoms with Gasteiger partial charge in [0.05, 0.1) is 0 Å². The van der Waals surface area contributed by atoms with E-state index in [1.807, 2.05) is 23.9 Å². The third-order valence-corrected chi connectivity index (χ3v) is 5.62. The number of ketones is 1. The van der Waals surface area contributed by atoms with Crippen molar-refractivity contribution < 1.29 is 14.6 Å². The molecule has 1 aliphatic carbocycles. The molecule has 4 nitrogen and oxygen atoms in total. The zero-order chi connectivity index (χ0) is 16.2. The maximum atomic E-state index is 11.4. The average Bonchev–Trinajstić information content (AvgIpc) is 3.38. The van der Waals surface area contributed by atoms with Gasteiger partial charge in [0.2, 0.25) is 0 Å². The second-order valence-corrected chi connectivity index (χ2v) is 7.67. The molecule has 1 heterocycles. The maximum Gasteiger partial charge on any atom is 0.159 e. The Morgan fingerprint density at radius 2 is 2.30 bits per heavy atom. The minimum atomic E-state index is -0.500. The van der Waals surface area contributed by atoms with E-state index in [0.29, 0.717) is 23.9 Å². The van der Waals surface area contributed by atoms with Crippen LogP contribution >= 0.6 is 11.8 Å². The average molecular weight is 335 g/mol. The molecule has 1 N–H and O–H groups in total. The molecule has 1 aliphatic heterocycles. The summed E-state index contributed by atoms with van der Waals surface area (Å²) in [5.41, 5.74) is 0.638. The molecule has 2 atom stereocenters. The van der Waals surface area contributed by atoms with E-state index in [4.69, 9.17) is 4.74 Å². The molecule has 0 amide bonds. The van der Waals surface area contributed by atoms with Gasteiger partial charge in [-0.15, -0.1) is 0 Å². The van der Waals surface area contributed by atoms with Crippen LogP contribution in [0.5, 0.6) is 5.75 Å². The van der Waals surface area contributed by atoms with E-state index in [-0.39, 0.29) is 12.4 Å². The number of aliphatic hydroxyl groups is 1. The third-order valence-electron chi connectivity index (χ3n) is 4.57. The number of ether oxygens (including phenoxy) is 1. The molecule has 0 spiro atoms. The number of aliphatic hydroxyl groups excluding tert-OH is 1. The van der Waals surface area contributed by atoms with E-state index in [1.54, 1.807) is 19.1 Å². The first-order valence-electron chi connectivity index (χ1n) is 8.37. The Balaban J connectivity index is 1.49. The Morgan fingerprint density at radius 3 is 3.04 bits per heavy atom. The smallest absolute Gasteiger partial charge is 0.159 e. The third kappa shape index (κ3) is 4.72. The lowest BCUT2D eigenvalue weighted by molar-refractivity contribution is 0.0531. The van der Waals surface area contributed by atoms with Gasteiger partial charge in [-0.3, -0.25) is 9.69 Å². The van der Waals surface area contributed by atoms with Crippen LogP contribution in [0.4, 0.5) is 0 Å². The van der Waals surface area contributed by atoms with Gasteiger partial charge in [-0.25, -0.2) is 0 Å². The van der Waals surface area contributed by atoms with E-state index in [9.17, 15) is 9.90 Å². The van der Waals surface area contributed by atoms with Crippen LogP contribution in [0.3, 0.4) is 0 Å². The molecule has 1 aromatic rings. The number of hydrogen-bond acceptors (Lipinski definition) is 5. The number of carbonyl (C=O) groups excluding carboxylic acids is 1. The van der Waals surface area contributed by atoms with E-state index in [0.717, 1.165) is 18.2 Å². The first-order valence-corrected chi connectivity index (χ1v) is 9.52. The molecule has 0 radical (unpaired) electrons. The van der Waals surface area contributed by atoms with Crippen molar-refractivity contribution in [1.82, 2.24) is 4.90 Å². The van der Waals surface area contributed by atoms with E-state index in [1.165, 1.54) is 18.6 Å². The number of thioether (sulfide) groups is 1. The van der Waals surface area contributed by atoms with Crippen molar-refractivity contribution >= 4 is 17.5 Å². The van der Waals surface area contributed by atoms with Gasteiger partial charge in [-0.1, -0.05) is 12.1 Å². The molecular formula is C18H25NO3S. The fraction of sp³-hybridized carbons (Fsp3) is 0.611. The van der Waals surface area contributed by atoms with Crippen LogP contribution in [-0.4, -0.2) is 59.1 Å². The second kappa shape index (κ2) is 7.69. The minimum Gasteiger partial charge on any atom is -0.491 e. The van der Waals surface area contributed by atoms with Crippen LogP contribution in [0, 0.1) is 5.92 Å². The highest BCUT2D eigenvalue weighted by Crippen LogP contribution is 2.38. The fourth-order valence-corrected chi connectivity index (χ4v) is 4.37.